The highest BCUT2D eigenvalue weighted by atomic mass is 32.1. The normalized spacial score (nSPS) is 11.7. The van der Waals surface area contributed by atoms with Gasteiger partial charge in [0.15, 0.2) is 4.80 Å². The van der Waals surface area contributed by atoms with Crippen LogP contribution < -0.4 is 9.54 Å². The molecule has 0 saturated heterocycles. The fourth-order valence-electron chi connectivity index (χ4n) is 1.96. The Morgan fingerprint density at radius 2 is 2.14 bits per heavy atom. The average Bonchev–Trinajstić information content (AvgIpc) is 2.76. The van der Waals surface area contributed by atoms with Gasteiger partial charge in [-0.25, -0.2) is 0 Å². The van der Waals surface area contributed by atoms with Crippen molar-refractivity contribution in [3.8, 4) is 5.75 Å². The average molecular weight is 308 g/mol. The van der Waals surface area contributed by atoms with Crippen LogP contribution in [0.15, 0.2) is 23.2 Å². The lowest BCUT2D eigenvalue weighted by Gasteiger charge is -2.08. The van der Waals surface area contributed by atoms with Gasteiger partial charge in [-0.05, 0) is 19.1 Å². The van der Waals surface area contributed by atoms with Gasteiger partial charge in [0.2, 0.25) is 5.91 Å². The highest BCUT2D eigenvalue weighted by Crippen LogP contribution is 2.27. The van der Waals surface area contributed by atoms with Crippen LogP contribution in [-0.4, -0.2) is 30.2 Å². The highest BCUT2D eigenvalue weighted by Gasteiger charge is 2.14. The first kappa shape index (κ1) is 15.2. The van der Waals surface area contributed by atoms with Crippen molar-refractivity contribution in [1.29, 1.82) is 0 Å². The Bertz CT molecular complexity index is 745. The number of para-hydroxylation sites is 1. The van der Waals surface area contributed by atoms with Crippen LogP contribution in [0.5, 0.6) is 5.75 Å². The number of amides is 1. The third-order valence-electron chi connectivity index (χ3n) is 2.73. The second kappa shape index (κ2) is 6.53. The number of hydrogen-bond donors (Lipinski definition) is 0. The molecule has 0 unspecified atom stereocenters. The Balaban J connectivity index is 2.67. The minimum atomic E-state index is -0.381. The molecule has 0 aliphatic carbocycles. The summed E-state index contributed by atoms with van der Waals surface area (Å²) in [5.74, 6) is -0.0794. The smallest absolute Gasteiger partial charge is 0.326 e. The molecule has 1 aromatic heterocycles. The molecule has 112 valence electrons. The Hall–Kier alpha value is -2.15. The van der Waals surface area contributed by atoms with Crippen LogP contribution in [0, 0.1) is 0 Å². The van der Waals surface area contributed by atoms with E-state index in [1.807, 2.05) is 12.1 Å². The molecule has 0 aliphatic heterocycles. The molecule has 0 N–H and O–H groups in total. The molecule has 0 saturated carbocycles. The van der Waals surface area contributed by atoms with Gasteiger partial charge in [-0.2, -0.15) is 4.99 Å². The van der Waals surface area contributed by atoms with E-state index in [-0.39, 0.29) is 18.4 Å². The zero-order chi connectivity index (χ0) is 15.4. The predicted octanol–water partition coefficient (Wildman–Crippen LogP) is 1.72. The van der Waals surface area contributed by atoms with Crippen LogP contribution in [0.3, 0.4) is 0 Å². The Morgan fingerprint density at radius 1 is 1.38 bits per heavy atom. The van der Waals surface area contributed by atoms with Crippen LogP contribution >= 0.6 is 11.3 Å². The van der Waals surface area contributed by atoms with E-state index < -0.39 is 0 Å². The van der Waals surface area contributed by atoms with Gasteiger partial charge in [0, 0.05) is 6.92 Å². The maximum absolute atomic E-state index is 11.8. The predicted molar refractivity (Wildman–Crippen MR) is 79.2 cm³/mol. The summed E-state index contributed by atoms with van der Waals surface area (Å²) >= 11 is 1.33. The lowest BCUT2D eigenvalue weighted by atomic mass is 10.3. The number of benzene rings is 1. The largest absolute Gasteiger partial charge is 0.495 e. The number of carbonyl (C=O) groups excluding carboxylic acids is 2. The number of aromatic nitrogens is 1. The fraction of sp³-hybridized carbons (Fsp3) is 0.357. The summed E-state index contributed by atoms with van der Waals surface area (Å²) in [6, 6.07) is 5.54. The zero-order valence-electron chi connectivity index (χ0n) is 12.1. The molecule has 0 bridgehead atoms. The van der Waals surface area contributed by atoms with E-state index >= 15 is 0 Å². The lowest BCUT2D eigenvalue weighted by Crippen LogP contribution is -2.23. The topological polar surface area (TPSA) is 69.9 Å². The van der Waals surface area contributed by atoms with Crippen LogP contribution in [0.2, 0.25) is 0 Å². The van der Waals surface area contributed by atoms with Gasteiger partial charge in [-0.1, -0.05) is 17.4 Å². The summed E-state index contributed by atoms with van der Waals surface area (Å²) in [6.07, 6.45) is 0. The van der Waals surface area contributed by atoms with Gasteiger partial charge in [0.05, 0.1) is 18.4 Å². The number of rotatable bonds is 4. The van der Waals surface area contributed by atoms with Crippen molar-refractivity contribution in [2.75, 3.05) is 13.7 Å². The number of ether oxygens (including phenoxy) is 2. The summed E-state index contributed by atoms with van der Waals surface area (Å²) in [5.41, 5.74) is 0.734. The van der Waals surface area contributed by atoms with E-state index in [1.54, 1.807) is 24.7 Å². The molecule has 21 heavy (non-hydrogen) atoms. The lowest BCUT2D eigenvalue weighted by molar-refractivity contribution is -0.143. The monoisotopic (exact) mass is 308 g/mol. The molecule has 0 aliphatic rings. The number of methoxy groups -OCH3 is 1. The number of hydrogen-bond acceptors (Lipinski definition) is 5. The quantitative estimate of drug-likeness (QED) is 0.806. The maximum Gasteiger partial charge on any atom is 0.326 e. The first-order valence-electron chi connectivity index (χ1n) is 6.44. The molecule has 7 heteroatoms. The van der Waals surface area contributed by atoms with Gasteiger partial charge in [-0.3, -0.25) is 9.59 Å². The fourth-order valence-corrected chi connectivity index (χ4v) is 3.06. The van der Waals surface area contributed by atoms with Gasteiger partial charge >= 0.3 is 5.97 Å². The molecule has 6 nitrogen and oxygen atoms in total. The van der Waals surface area contributed by atoms with Crippen LogP contribution in [0.4, 0.5) is 0 Å². The van der Waals surface area contributed by atoms with Crippen molar-refractivity contribution < 1.29 is 19.1 Å². The van der Waals surface area contributed by atoms with Crippen molar-refractivity contribution >= 4 is 33.4 Å². The van der Waals surface area contributed by atoms with Gasteiger partial charge in [-0.15, -0.1) is 0 Å². The number of esters is 1. The molecule has 0 radical (unpaired) electrons. The molecular formula is C14H16N2O4S. The molecule has 2 rings (SSSR count). The summed E-state index contributed by atoms with van der Waals surface area (Å²) in [4.78, 5) is 27.5. The molecule has 2 aromatic rings. The molecule has 0 atom stereocenters. The van der Waals surface area contributed by atoms with E-state index in [4.69, 9.17) is 9.47 Å². The first-order valence-corrected chi connectivity index (χ1v) is 7.25. The second-order valence-corrected chi connectivity index (χ2v) is 5.22. The van der Waals surface area contributed by atoms with Crippen molar-refractivity contribution in [2.24, 2.45) is 4.99 Å². The van der Waals surface area contributed by atoms with Gasteiger partial charge in [0.1, 0.15) is 17.8 Å². The first-order chi connectivity index (χ1) is 10.1. The minimum absolute atomic E-state index is 0.0136. The summed E-state index contributed by atoms with van der Waals surface area (Å²) in [5, 5.41) is 0. The summed E-state index contributed by atoms with van der Waals surface area (Å²) < 4.78 is 12.8. The number of nitrogens with zero attached hydrogens (tertiary/aromatic N) is 2. The maximum atomic E-state index is 11.8. The summed E-state index contributed by atoms with van der Waals surface area (Å²) in [7, 11) is 1.56. The van der Waals surface area contributed by atoms with Crippen molar-refractivity contribution in [2.45, 2.75) is 20.4 Å². The number of thiazole rings is 1. The Kier molecular flexibility index (Phi) is 4.74. The third-order valence-corrected chi connectivity index (χ3v) is 3.77. The van der Waals surface area contributed by atoms with Crippen molar-refractivity contribution in [1.82, 2.24) is 4.57 Å². The SMILES string of the molecule is CCOC(=O)Cn1c(=NC(C)=O)sc2cccc(OC)c21. The molecule has 0 fully saturated rings. The second-order valence-electron chi connectivity index (χ2n) is 4.21. The van der Waals surface area contributed by atoms with Crippen molar-refractivity contribution in [3.63, 3.8) is 0 Å². The van der Waals surface area contributed by atoms with Crippen molar-refractivity contribution in [3.05, 3.63) is 23.0 Å². The molecular weight excluding hydrogens is 292 g/mol. The zero-order valence-corrected chi connectivity index (χ0v) is 12.9. The molecule has 1 aromatic carbocycles. The highest BCUT2D eigenvalue weighted by molar-refractivity contribution is 7.16. The third kappa shape index (κ3) is 3.30. The van der Waals surface area contributed by atoms with E-state index in [2.05, 4.69) is 4.99 Å². The van der Waals surface area contributed by atoms with Crippen LogP contribution in [0.1, 0.15) is 13.8 Å². The molecule has 1 heterocycles. The van der Waals surface area contributed by atoms with Gasteiger partial charge < -0.3 is 14.0 Å². The number of carbonyl (C=O) groups is 2. The van der Waals surface area contributed by atoms with E-state index in [0.717, 1.165) is 10.2 Å². The van der Waals surface area contributed by atoms with Gasteiger partial charge in [0.25, 0.3) is 0 Å². The van der Waals surface area contributed by atoms with E-state index in [1.165, 1.54) is 18.3 Å². The minimum Gasteiger partial charge on any atom is -0.495 e. The number of fused-ring (bicyclic) bond motifs is 1. The molecule has 0 spiro atoms. The summed E-state index contributed by atoms with van der Waals surface area (Å²) in [6.45, 7) is 3.41. The Morgan fingerprint density at radius 3 is 2.76 bits per heavy atom. The van der Waals surface area contributed by atoms with Crippen LogP contribution in [-0.2, 0) is 20.9 Å². The van der Waals surface area contributed by atoms with Crippen LogP contribution in [0.25, 0.3) is 10.2 Å². The van der Waals surface area contributed by atoms with E-state index in [0.29, 0.717) is 17.2 Å². The van der Waals surface area contributed by atoms with E-state index in [9.17, 15) is 9.59 Å². The Labute approximate surface area is 125 Å². The molecule has 1 amide bonds. The standard InChI is InChI=1S/C14H16N2O4S/c1-4-20-12(18)8-16-13-10(19-3)6-5-7-11(13)21-14(16)15-9(2)17/h5-7H,4,8H2,1-3H3.